The van der Waals surface area contributed by atoms with E-state index in [9.17, 15) is 0 Å². The molecule has 1 aromatic carbocycles. The van der Waals surface area contributed by atoms with Gasteiger partial charge in [-0.25, -0.2) is 9.97 Å². The Morgan fingerprint density at radius 1 is 0.931 bits per heavy atom. The Balaban J connectivity index is 1.55. The molecule has 4 aromatic rings. The highest BCUT2D eigenvalue weighted by Crippen LogP contribution is 2.28. The molecule has 0 aliphatic rings. The third-order valence-corrected chi connectivity index (χ3v) is 4.42. The predicted molar refractivity (Wildman–Crippen MR) is 115 cm³/mol. The fraction of sp³-hybridized carbons (Fsp3) is 0.190. The van der Waals surface area contributed by atoms with Gasteiger partial charge in [0.25, 0.3) is 0 Å². The van der Waals surface area contributed by atoms with Crippen molar-refractivity contribution in [1.82, 2.24) is 24.9 Å². The Bertz CT molecular complexity index is 1130. The van der Waals surface area contributed by atoms with Crippen LogP contribution in [0.2, 0.25) is 0 Å². The molecule has 0 aliphatic carbocycles. The predicted octanol–water partition coefficient (Wildman–Crippen LogP) is 3.54. The van der Waals surface area contributed by atoms with Crippen molar-refractivity contribution in [3.8, 4) is 0 Å². The van der Waals surface area contributed by atoms with E-state index in [1.165, 1.54) is 6.33 Å². The summed E-state index contributed by atoms with van der Waals surface area (Å²) in [5.74, 6) is 0.981. The van der Waals surface area contributed by atoms with Crippen LogP contribution in [0.1, 0.15) is 11.3 Å². The lowest BCUT2D eigenvalue weighted by molar-refractivity contribution is 1.00. The molecule has 0 atom stereocenters. The van der Waals surface area contributed by atoms with Crippen molar-refractivity contribution in [2.75, 3.05) is 29.6 Å². The number of aromatic nitrogens is 5. The highest BCUT2D eigenvalue weighted by Gasteiger charge is 2.08. The van der Waals surface area contributed by atoms with Crippen LogP contribution in [0.5, 0.6) is 0 Å². The zero-order chi connectivity index (χ0) is 20.2. The van der Waals surface area contributed by atoms with Gasteiger partial charge < -0.3 is 15.5 Å². The Morgan fingerprint density at radius 3 is 2.52 bits per heavy atom. The molecule has 29 heavy (non-hydrogen) atoms. The van der Waals surface area contributed by atoms with Gasteiger partial charge in [0.05, 0.1) is 5.52 Å². The lowest BCUT2D eigenvalue weighted by Crippen LogP contribution is -2.10. The number of rotatable bonds is 6. The first kappa shape index (κ1) is 18.5. The van der Waals surface area contributed by atoms with Gasteiger partial charge in [0.15, 0.2) is 0 Å². The molecular formula is C21H22N8. The van der Waals surface area contributed by atoms with Crippen molar-refractivity contribution in [3.63, 3.8) is 0 Å². The molecule has 0 fully saturated rings. The monoisotopic (exact) mass is 386 g/mol. The number of nitrogens with one attached hydrogen (secondary N) is 2. The number of aryl methyl sites for hydroxylation is 1. The maximum Gasteiger partial charge on any atom is 0.231 e. The van der Waals surface area contributed by atoms with E-state index in [2.05, 4.69) is 52.6 Å². The lowest BCUT2D eigenvalue weighted by Gasteiger charge is -2.17. The number of hydrogen-bond acceptors (Lipinski definition) is 8. The fourth-order valence-corrected chi connectivity index (χ4v) is 3.04. The number of nitrogens with zero attached hydrogens (tertiary/aromatic N) is 6. The normalized spacial score (nSPS) is 10.7. The highest BCUT2D eigenvalue weighted by atomic mass is 15.2. The first-order chi connectivity index (χ1) is 14.1. The van der Waals surface area contributed by atoms with E-state index >= 15 is 0 Å². The van der Waals surface area contributed by atoms with E-state index in [-0.39, 0.29) is 0 Å². The molecule has 3 heterocycles. The van der Waals surface area contributed by atoms with Crippen LogP contribution in [0.4, 0.5) is 23.3 Å². The van der Waals surface area contributed by atoms with Crippen molar-refractivity contribution in [1.29, 1.82) is 0 Å². The summed E-state index contributed by atoms with van der Waals surface area (Å²) in [6.45, 7) is 2.61. The van der Waals surface area contributed by atoms with Gasteiger partial charge in [-0.1, -0.05) is 0 Å². The molecule has 8 heteroatoms. The summed E-state index contributed by atoms with van der Waals surface area (Å²) in [6, 6.07) is 12.0. The van der Waals surface area contributed by atoms with Crippen molar-refractivity contribution < 1.29 is 0 Å². The highest BCUT2D eigenvalue weighted by molar-refractivity contribution is 5.94. The summed E-state index contributed by atoms with van der Waals surface area (Å²) < 4.78 is 0. The molecule has 0 bridgehead atoms. The van der Waals surface area contributed by atoms with Crippen LogP contribution < -0.4 is 15.5 Å². The van der Waals surface area contributed by atoms with E-state index in [4.69, 9.17) is 0 Å². The number of fused-ring (bicyclic) bond motifs is 1. The van der Waals surface area contributed by atoms with Crippen molar-refractivity contribution in [2.45, 2.75) is 13.5 Å². The molecule has 146 valence electrons. The topological polar surface area (TPSA) is 91.8 Å². The lowest BCUT2D eigenvalue weighted by atomic mass is 10.1. The van der Waals surface area contributed by atoms with Crippen LogP contribution >= 0.6 is 0 Å². The van der Waals surface area contributed by atoms with Gasteiger partial charge in [-0.05, 0) is 48.9 Å². The fourth-order valence-electron chi connectivity index (χ4n) is 3.04. The standard InChI is InChI=1S/C21H22N8/c1-14-10-19(29(2)3)17-11-16(4-5-18(17)26-14)27-21-25-13-24-20(28-21)23-12-15-6-8-22-9-7-15/h4-11,13H,12H2,1-3H3,(H2,23,24,25,27,28). The molecular weight excluding hydrogens is 364 g/mol. The van der Waals surface area contributed by atoms with Crippen molar-refractivity contribution >= 4 is 34.2 Å². The first-order valence-corrected chi connectivity index (χ1v) is 9.26. The summed E-state index contributed by atoms with van der Waals surface area (Å²) in [4.78, 5) is 23.6. The summed E-state index contributed by atoms with van der Waals surface area (Å²) in [5, 5.41) is 7.52. The molecule has 0 saturated heterocycles. The van der Waals surface area contributed by atoms with Crippen LogP contribution in [0.15, 0.2) is 55.1 Å². The largest absolute Gasteiger partial charge is 0.377 e. The van der Waals surface area contributed by atoms with Gasteiger partial charge in [0, 0.05) is 55.5 Å². The molecule has 0 saturated carbocycles. The molecule has 2 N–H and O–H groups in total. The molecule has 0 radical (unpaired) electrons. The third kappa shape index (κ3) is 4.37. The number of pyridine rings is 2. The van der Waals surface area contributed by atoms with Gasteiger partial charge in [-0.3, -0.25) is 9.97 Å². The molecule has 8 nitrogen and oxygen atoms in total. The van der Waals surface area contributed by atoms with Crippen LogP contribution in [0, 0.1) is 6.92 Å². The molecule has 0 aliphatic heterocycles. The zero-order valence-electron chi connectivity index (χ0n) is 16.6. The summed E-state index contributed by atoms with van der Waals surface area (Å²) >= 11 is 0. The SMILES string of the molecule is Cc1cc(N(C)C)c2cc(Nc3ncnc(NCc4ccncc4)n3)ccc2n1. The summed E-state index contributed by atoms with van der Waals surface area (Å²) in [5.41, 5.74) is 5.05. The average molecular weight is 386 g/mol. The second kappa shape index (κ2) is 8.05. The maximum absolute atomic E-state index is 4.62. The maximum atomic E-state index is 4.62. The first-order valence-electron chi connectivity index (χ1n) is 9.26. The Kier molecular flexibility index (Phi) is 5.15. The van der Waals surface area contributed by atoms with Crippen LogP contribution in [0.3, 0.4) is 0 Å². The third-order valence-electron chi connectivity index (χ3n) is 4.42. The average Bonchev–Trinajstić information content (AvgIpc) is 2.73. The summed E-state index contributed by atoms with van der Waals surface area (Å²) in [6.07, 6.45) is 5.01. The van der Waals surface area contributed by atoms with Gasteiger partial charge in [0.2, 0.25) is 11.9 Å². The smallest absolute Gasteiger partial charge is 0.231 e. The van der Waals surface area contributed by atoms with Crippen LogP contribution in [0.25, 0.3) is 10.9 Å². The number of hydrogen-bond donors (Lipinski definition) is 2. The van der Waals surface area contributed by atoms with E-state index < -0.39 is 0 Å². The van der Waals surface area contributed by atoms with Crippen LogP contribution in [-0.4, -0.2) is 39.0 Å². The molecule has 3 aromatic heterocycles. The molecule has 0 unspecified atom stereocenters. The van der Waals surface area contributed by atoms with Gasteiger partial charge >= 0.3 is 0 Å². The zero-order valence-corrected chi connectivity index (χ0v) is 16.6. The molecule has 0 spiro atoms. The Morgan fingerprint density at radius 2 is 1.72 bits per heavy atom. The van der Waals surface area contributed by atoms with Crippen molar-refractivity contribution in [3.05, 3.63) is 66.4 Å². The Labute approximate surface area is 169 Å². The van der Waals surface area contributed by atoms with E-state index in [0.29, 0.717) is 18.4 Å². The second-order valence-electron chi connectivity index (χ2n) is 6.88. The van der Waals surface area contributed by atoms with Crippen molar-refractivity contribution in [2.24, 2.45) is 0 Å². The van der Waals surface area contributed by atoms with Crippen LogP contribution in [-0.2, 0) is 6.54 Å². The molecule has 4 rings (SSSR count). The van der Waals surface area contributed by atoms with E-state index in [0.717, 1.165) is 33.5 Å². The van der Waals surface area contributed by atoms with Gasteiger partial charge in [-0.15, -0.1) is 0 Å². The van der Waals surface area contributed by atoms with E-state index in [1.807, 2.05) is 45.3 Å². The summed E-state index contributed by atoms with van der Waals surface area (Å²) in [7, 11) is 4.06. The number of anilines is 4. The quantitative estimate of drug-likeness (QED) is 0.520. The van der Waals surface area contributed by atoms with Gasteiger partial charge in [0.1, 0.15) is 6.33 Å². The minimum Gasteiger partial charge on any atom is -0.377 e. The minimum atomic E-state index is 0.475. The second-order valence-corrected chi connectivity index (χ2v) is 6.88. The van der Waals surface area contributed by atoms with E-state index in [1.54, 1.807) is 12.4 Å². The minimum absolute atomic E-state index is 0.475. The van der Waals surface area contributed by atoms with Gasteiger partial charge in [-0.2, -0.15) is 4.98 Å². The molecule has 0 amide bonds. The Hall–Kier alpha value is -3.81. The number of benzene rings is 1.